The number of aromatic carboxylic acids is 1. The highest BCUT2D eigenvalue weighted by atomic mass is 35.5. The van der Waals surface area contributed by atoms with Gasteiger partial charge >= 0.3 is 5.97 Å². The summed E-state index contributed by atoms with van der Waals surface area (Å²) in [6, 6.07) is 3.05. The van der Waals surface area contributed by atoms with E-state index in [-0.39, 0.29) is 11.6 Å². The van der Waals surface area contributed by atoms with Crippen LogP contribution in [-0.2, 0) is 0 Å². The Bertz CT molecular complexity index is 708. The summed E-state index contributed by atoms with van der Waals surface area (Å²) in [5.41, 5.74) is 1.22. The highest BCUT2D eigenvalue weighted by Crippen LogP contribution is 2.45. The van der Waals surface area contributed by atoms with E-state index in [9.17, 15) is 4.79 Å². The quantitative estimate of drug-likeness (QED) is 0.899. The lowest BCUT2D eigenvalue weighted by Crippen LogP contribution is -1.99. The number of carboxylic acid groups (broad SMARTS) is 1. The molecule has 2 rings (SSSR count). The van der Waals surface area contributed by atoms with Gasteiger partial charge in [-0.1, -0.05) is 30.6 Å². The summed E-state index contributed by atoms with van der Waals surface area (Å²) in [6.45, 7) is 3.93. The van der Waals surface area contributed by atoms with Gasteiger partial charge in [0, 0.05) is 11.6 Å². The number of hydrogen-bond donors (Lipinski definition) is 1. The summed E-state index contributed by atoms with van der Waals surface area (Å²) < 4.78 is 15.7. The summed E-state index contributed by atoms with van der Waals surface area (Å²) in [4.78, 5) is 11.0. The number of hydrogen-bond acceptors (Lipinski definition) is 5. The van der Waals surface area contributed by atoms with Crippen LogP contribution in [-0.4, -0.2) is 30.5 Å². The van der Waals surface area contributed by atoms with Gasteiger partial charge in [-0.2, -0.15) is 0 Å². The van der Waals surface area contributed by atoms with Crippen molar-refractivity contribution in [3.8, 4) is 22.8 Å². The molecular formula is C15H16ClNO5. The van der Waals surface area contributed by atoms with Crippen molar-refractivity contribution < 1.29 is 23.9 Å². The lowest BCUT2D eigenvalue weighted by atomic mass is 9.94. The second kappa shape index (κ2) is 6.27. The van der Waals surface area contributed by atoms with Gasteiger partial charge in [-0.25, -0.2) is 4.79 Å². The minimum Gasteiger partial charge on any atom is -0.493 e. The number of nitrogens with zero attached hydrogens (tertiary/aromatic N) is 1. The molecule has 0 saturated carbocycles. The Morgan fingerprint density at radius 3 is 2.45 bits per heavy atom. The van der Waals surface area contributed by atoms with Gasteiger partial charge in [0.15, 0.2) is 23.0 Å². The molecule has 0 aliphatic carbocycles. The molecule has 2 aromatic rings. The van der Waals surface area contributed by atoms with E-state index in [2.05, 4.69) is 5.16 Å². The molecule has 0 aliphatic rings. The maximum absolute atomic E-state index is 11.0. The van der Waals surface area contributed by atoms with Crippen LogP contribution in [0.5, 0.6) is 11.5 Å². The predicted octanol–water partition coefficient (Wildman–Crippen LogP) is 3.83. The Kier molecular flexibility index (Phi) is 4.61. The van der Waals surface area contributed by atoms with Crippen LogP contribution in [0.1, 0.15) is 35.8 Å². The first kappa shape index (κ1) is 16.2. The van der Waals surface area contributed by atoms with Crippen molar-refractivity contribution in [2.75, 3.05) is 14.2 Å². The standard InChI is InChI=1S/C15H16ClNO5/c1-7(2)12-8(10-6-9(15(18)19)17-22-10)5-11(20-3)14(21-4)13(12)16/h5-7H,1-4H3,(H,18,19). The van der Waals surface area contributed by atoms with Crippen LogP contribution in [0, 0.1) is 0 Å². The molecule has 1 aromatic heterocycles. The predicted molar refractivity (Wildman–Crippen MR) is 81.1 cm³/mol. The lowest BCUT2D eigenvalue weighted by Gasteiger charge is -2.18. The SMILES string of the molecule is COc1cc(-c2cc(C(=O)O)no2)c(C(C)C)c(Cl)c1OC. The van der Waals surface area contributed by atoms with Crippen LogP contribution >= 0.6 is 11.6 Å². The van der Waals surface area contributed by atoms with E-state index < -0.39 is 5.97 Å². The smallest absolute Gasteiger partial charge is 0.358 e. The number of rotatable bonds is 5. The van der Waals surface area contributed by atoms with Gasteiger partial charge in [0.1, 0.15) is 0 Å². The second-order valence-electron chi connectivity index (χ2n) is 4.92. The number of ether oxygens (including phenoxy) is 2. The third-order valence-corrected chi connectivity index (χ3v) is 3.60. The molecule has 0 unspecified atom stereocenters. The minimum atomic E-state index is -1.16. The van der Waals surface area contributed by atoms with Crippen molar-refractivity contribution >= 4 is 17.6 Å². The van der Waals surface area contributed by atoms with Gasteiger partial charge in [-0.05, 0) is 17.5 Å². The molecule has 0 fully saturated rings. The van der Waals surface area contributed by atoms with Gasteiger partial charge in [0.2, 0.25) is 0 Å². The van der Waals surface area contributed by atoms with Gasteiger partial charge in [-0.15, -0.1) is 0 Å². The summed E-state index contributed by atoms with van der Waals surface area (Å²) in [5.74, 6) is 0.0621. The van der Waals surface area contributed by atoms with Crippen molar-refractivity contribution in [3.63, 3.8) is 0 Å². The fourth-order valence-electron chi connectivity index (χ4n) is 2.24. The normalized spacial score (nSPS) is 10.8. The van der Waals surface area contributed by atoms with Crippen molar-refractivity contribution in [2.24, 2.45) is 0 Å². The number of methoxy groups -OCH3 is 2. The molecule has 1 N–H and O–H groups in total. The fourth-order valence-corrected chi connectivity index (χ4v) is 2.73. The molecule has 1 heterocycles. The van der Waals surface area contributed by atoms with Crippen molar-refractivity contribution in [1.29, 1.82) is 0 Å². The first-order valence-corrected chi connectivity index (χ1v) is 6.93. The van der Waals surface area contributed by atoms with Crippen LogP contribution in [0.25, 0.3) is 11.3 Å². The highest BCUT2D eigenvalue weighted by molar-refractivity contribution is 6.33. The van der Waals surface area contributed by atoms with Gasteiger partial charge in [0.25, 0.3) is 0 Å². The summed E-state index contributed by atoms with van der Waals surface area (Å²) >= 11 is 6.43. The van der Waals surface area contributed by atoms with Crippen LogP contribution in [0.4, 0.5) is 0 Å². The zero-order valence-electron chi connectivity index (χ0n) is 12.6. The molecule has 0 atom stereocenters. The van der Waals surface area contributed by atoms with Gasteiger partial charge in [-0.3, -0.25) is 0 Å². The second-order valence-corrected chi connectivity index (χ2v) is 5.30. The monoisotopic (exact) mass is 325 g/mol. The van der Waals surface area contributed by atoms with Gasteiger partial charge in [0.05, 0.1) is 19.2 Å². The number of benzene rings is 1. The van der Waals surface area contributed by atoms with Crippen molar-refractivity contribution in [2.45, 2.75) is 19.8 Å². The number of carbonyl (C=O) groups is 1. The van der Waals surface area contributed by atoms with E-state index >= 15 is 0 Å². The average Bonchev–Trinajstić information content (AvgIpc) is 2.95. The molecule has 0 saturated heterocycles. The maximum atomic E-state index is 11.0. The lowest BCUT2D eigenvalue weighted by molar-refractivity contribution is 0.0686. The third-order valence-electron chi connectivity index (χ3n) is 3.22. The molecule has 118 valence electrons. The Hall–Kier alpha value is -2.21. The Balaban J connectivity index is 2.72. The Morgan fingerprint density at radius 1 is 1.32 bits per heavy atom. The zero-order valence-corrected chi connectivity index (χ0v) is 13.4. The van der Waals surface area contributed by atoms with E-state index in [0.717, 1.165) is 5.56 Å². The van der Waals surface area contributed by atoms with Crippen LogP contribution < -0.4 is 9.47 Å². The topological polar surface area (TPSA) is 81.8 Å². The third kappa shape index (κ3) is 2.74. The van der Waals surface area contributed by atoms with E-state index in [0.29, 0.717) is 27.8 Å². The summed E-state index contributed by atoms with van der Waals surface area (Å²) in [6.07, 6.45) is 0. The van der Waals surface area contributed by atoms with Crippen LogP contribution in [0.3, 0.4) is 0 Å². The van der Waals surface area contributed by atoms with Crippen LogP contribution in [0.2, 0.25) is 5.02 Å². The number of carboxylic acids is 1. The summed E-state index contributed by atoms with van der Waals surface area (Å²) in [7, 11) is 3.00. The van der Waals surface area contributed by atoms with E-state index in [1.165, 1.54) is 20.3 Å². The molecule has 7 heteroatoms. The van der Waals surface area contributed by atoms with E-state index in [1.807, 2.05) is 13.8 Å². The summed E-state index contributed by atoms with van der Waals surface area (Å²) in [5, 5.41) is 12.9. The molecular weight excluding hydrogens is 310 g/mol. The molecule has 0 bridgehead atoms. The molecule has 0 amide bonds. The Morgan fingerprint density at radius 2 is 2.00 bits per heavy atom. The van der Waals surface area contributed by atoms with Gasteiger partial charge < -0.3 is 19.1 Å². The number of halogens is 1. The first-order chi connectivity index (χ1) is 10.4. The fraction of sp³-hybridized carbons (Fsp3) is 0.333. The van der Waals surface area contributed by atoms with E-state index in [4.69, 9.17) is 30.7 Å². The van der Waals surface area contributed by atoms with Crippen molar-refractivity contribution in [3.05, 3.63) is 28.4 Å². The maximum Gasteiger partial charge on any atom is 0.358 e. The molecule has 6 nitrogen and oxygen atoms in total. The number of aromatic nitrogens is 1. The Labute approximate surface area is 132 Å². The largest absolute Gasteiger partial charge is 0.493 e. The van der Waals surface area contributed by atoms with Crippen molar-refractivity contribution in [1.82, 2.24) is 5.16 Å². The minimum absolute atomic E-state index is 0.0562. The molecule has 22 heavy (non-hydrogen) atoms. The molecule has 0 radical (unpaired) electrons. The molecule has 1 aromatic carbocycles. The average molecular weight is 326 g/mol. The first-order valence-electron chi connectivity index (χ1n) is 6.55. The zero-order chi connectivity index (χ0) is 16.4. The highest BCUT2D eigenvalue weighted by Gasteiger charge is 2.24. The molecule has 0 aliphatic heterocycles. The molecule has 0 spiro atoms. The van der Waals surface area contributed by atoms with Crippen LogP contribution in [0.15, 0.2) is 16.7 Å². The van der Waals surface area contributed by atoms with E-state index in [1.54, 1.807) is 6.07 Å².